The third-order valence-corrected chi connectivity index (χ3v) is 4.52. The lowest BCUT2D eigenvalue weighted by atomic mass is 10.1. The maximum atomic E-state index is 12.4. The van der Waals surface area contributed by atoms with E-state index >= 15 is 0 Å². The zero-order valence-corrected chi connectivity index (χ0v) is 13.6. The van der Waals surface area contributed by atoms with Crippen LogP contribution in [-0.4, -0.2) is 43.7 Å². The minimum atomic E-state index is -2.92. The summed E-state index contributed by atoms with van der Waals surface area (Å²) in [5.74, 6) is 2.37. The van der Waals surface area contributed by atoms with E-state index < -0.39 is 6.61 Å². The van der Waals surface area contributed by atoms with E-state index in [1.54, 1.807) is 6.07 Å². The standard InChI is InChI=1S/C15H20F2N2O3S/c1-21-12-2-3-13(22-15(16)17)10(6-12)8-19-14(20)7-11-9-23-5-4-18-11/h2-3,6,11,15,18H,4-5,7-9H2,1H3,(H,19,20). The average molecular weight is 346 g/mol. The van der Waals surface area contributed by atoms with E-state index in [9.17, 15) is 13.6 Å². The molecule has 1 fully saturated rings. The molecule has 1 aliphatic heterocycles. The summed E-state index contributed by atoms with van der Waals surface area (Å²) in [4.78, 5) is 12.0. The van der Waals surface area contributed by atoms with Gasteiger partial charge in [-0.3, -0.25) is 4.79 Å². The smallest absolute Gasteiger partial charge is 0.387 e. The first-order valence-corrected chi connectivity index (χ1v) is 8.43. The van der Waals surface area contributed by atoms with Gasteiger partial charge in [-0.15, -0.1) is 0 Å². The normalized spacial score (nSPS) is 17.8. The van der Waals surface area contributed by atoms with Crippen LogP contribution >= 0.6 is 11.8 Å². The summed E-state index contributed by atoms with van der Waals surface area (Å²) in [5.41, 5.74) is 0.448. The molecular formula is C15H20F2N2O3S. The van der Waals surface area contributed by atoms with Crippen LogP contribution in [0.4, 0.5) is 8.78 Å². The molecule has 128 valence electrons. The molecule has 1 aromatic rings. The highest BCUT2D eigenvalue weighted by molar-refractivity contribution is 7.99. The minimum Gasteiger partial charge on any atom is -0.497 e. The zero-order valence-electron chi connectivity index (χ0n) is 12.8. The van der Waals surface area contributed by atoms with Crippen molar-refractivity contribution < 1.29 is 23.0 Å². The number of hydrogen-bond acceptors (Lipinski definition) is 5. The molecule has 0 aromatic heterocycles. The van der Waals surface area contributed by atoms with Crippen molar-refractivity contribution in [2.75, 3.05) is 25.2 Å². The van der Waals surface area contributed by atoms with E-state index in [4.69, 9.17) is 4.74 Å². The monoisotopic (exact) mass is 346 g/mol. The Morgan fingerprint density at radius 1 is 1.52 bits per heavy atom. The number of rotatable bonds is 7. The quantitative estimate of drug-likeness (QED) is 0.791. The van der Waals surface area contributed by atoms with Crippen molar-refractivity contribution in [2.45, 2.75) is 25.6 Å². The van der Waals surface area contributed by atoms with Crippen LogP contribution in [0.3, 0.4) is 0 Å². The number of alkyl halides is 2. The van der Waals surface area contributed by atoms with Crippen molar-refractivity contribution in [3.63, 3.8) is 0 Å². The number of methoxy groups -OCH3 is 1. The van der Waals surface area contributed by atoms with Crippen molar-refractivity contribution in [1.29, 1.82) is 0 Å². The molecule has 1 amide bonds. The van der Waals surface area contributed by atoms with Crippen LogP contribution in [0.25, 0.3) is 0 Å². The molecule has 2 N–H and O–H groups in total. The molecule has 23 heavy (non-hydrogen) atoms. The van der Waals surface area contributed by atoms with Gasteiger partial charge in [0.15, 0.2) is 0 Å². The fourth-order valence-electron chi connectivity index (χ4n) is 2.27. The summed E-state index contributed by atoms with van der Waals surface area (Å²) in [6.45, 7) is -1.91. The number of hydrogen-bond donors (Lipinski definition) is 2. The molecule has 0 aliphatic carbocycles. The van der Waals surface area contributed by atoms with Crippen molar-refractivity contribution in [1.82, 2.24) is 10.6 Å². The molecular weight excluding hydrogens is 326 g/mol. The number of carbonyl (C=O) groups is 1. The highest BCUT2D eigenvalue weighted by Gasteiger charge is 2.17. The van der Waals surface area contributed by atoms with Crippen LogP contribution in [0.1, 0.15) is 12.0 Å². The van der Waals surface area contributed by atoms with Gasteiger partial charge in [0.05, 0.1) is 7.11 Å². The van der Waals surface area contributed by atoms with Gasteiger partial charge in [0, 0.05) is 42.6 Å². The van der Waals surface area contributed by atoms with Gasteiger partial charge in [0.2, 0.25) is 5.91 Å². The minimum absolute atomic E-state index is 0.0347. The van der Waals surface area contributed by atoms with Crippen molar-refractivity contribution >= 4 is 17.7 Å². The Labute approximate surface area is 138 Å². The fraction of sp³-hybridized carbons (Fsp3) is 0.533. The summed E-state index contributed by atoms with van der Waals surface area (Å²) in [7, 11) is 1.48. The van der Waals surface area contributed by atoms with Gasteiger partial charge in [-0.25, -0.2) is 0 Å². The Kier molecular flexibility index (Phi) is 6.91. The molecule has 1 aliphatic rings. The number of ether oxygens (including phenoxy) is 2. The SMILES string of the molecule is COc1ccc(OC(F)F)c(CNC(=O)CC2CSCCN2)c1. The lowest BCUT2D eigenvalue weighted by Crippen LogP contribution is -2.41. The molecule has 1 saturated heterocycles. The van der Waals surface area contributed by atoms with Crippen LogP contribution in [0.5, 0.6) is 11.5 Å². The maximum Gasteiger partial charge on any atom is 0.387 e. The first-order chi connectivity index (χ1) is 11.1. The molecule has 0 saturated carbocycles. The van der Waals surface area contributed by atoms with Crippen LogP contribution in [0, 0.1) is 0 Å². The summed E-state index contributed by atoms with van der Waals surface area (Å²) < 4.78 is 34.4. The second kappa shape index (κ2) is 8.93. The third kappa shape index (κ3) is 5.87. The number of carbonyl (C=O) groups excluding carboxylic acids is 1. The van der Waals surface area contributed by atoms with Gasteiger partial charge < -0.3 is 20.1 Å². The van der Waals surface area contributed by atoms with Gasteiger partial charge in [0.25, 0.3) is 0 Å². The lowest BCUT2D eigenvalue weighted by molar-refractivity contribution is -0.121. The van der Waals surface area contributed by atoms with E-state index in [-0.39, 0.29) is 24.2 Å². The van der Waals surface area contributed by atoms with Crippen LogP contribution in [0.2, 0.25) is 0 Å². The lowest BCUT2D eigenvalue weighted by Gasteiger charge is -2.22. The first kappa shape index (κ1) is 17.8. The number of thioether (sulfide) groups is 1. The fourth-order valence-corrected chi connectivity index (χ4v) is 3.22. The molecule has 5 nitrogen and oxygen atoms in total. The Morgan fingerprint density at radius 3 is 3.00 bits per heavy atom. The predicted molar refractivity (Wildman–Crippen MR) is 85.2 cm³/mol. The molecule has 1 aromatic carbocycles. The topological polar surface area (TPSA) is 59.6 Å². The van der Waals surface area contributed by atoms with Crippen molar-refractivity contribution in [3.05, 3.63) is 23.8 Å². The molecule has 2 rings (SSSR count). The summed E-state index contributed by atoms with van der Waals surface area (Å²) >= 11 is 1.81. The molecule has 1 heterocycles. The Morgan fingerprint density at radius 2 is 2.35 bits per heavy atom. The Balaban J connectivity index is 1.93. The third-order valence-electron chi connectivity index (χ3n) is 3.39. The zero-order chi connectivity index (χ0) is 16.7. The largest absolute Gasteiger partial charge is 0.497 e. The van der Waals surface area contributed by atoms with E-state index in [1.165, 1.54) is 19.2 Å². The van der Waals surface area contributed by atoms with Gasteiger partial charge in [-0.05, 0) is 18.2 Å². The molecule has 8 heteroatoms. The first-order valence-electron chi connectivity index (χ1n) is 7.28. The predicted octanol–water partition coefficient (Wildman–Crippen LogP) is 2.01. The van der Waals surface area contributed by atoms with E-state index in [2.05, 4.69) is 15.4 Å². The van der Waals surface area contributed by atoms with Gasteiger partial charge >= 0.3 is 6.61 Å². The van der Waals surface area contributed by atoms with E-state index in [0.717, 1.165) is 18.1 Å². The Hall–Kier alpha value is -1.54. The number of halogens is 2. The van der Waals surface area contributed by atoms with Crippen molar-refractivity contribution in [3.8, 4) is 11.5 Å². The second-order valence-electron chi connectivity index (χ2n) is 5.06. The highest BCUT2D eigenvalue weighted by atomic mass is 32.2. The van der Waals surface area contributed by atoms with Crippen LogP contribution in [0.15, 0.2) is 18.2 Å². The second-order valence-corrected chi connectivity index (χ2v) is 6.21. The number of nitrogens with one attached hydrogen (secondary N) is 2. The number of amides is 1. The average Bonchev–Trinajstić information content (AvgIpc) is 2.54. The van der Waals surface area contributed by atoms with Gasteiger partial charge in [-0.1, -0.05) is 0 Å². The molecule has 1 unspecified atom stereocenters. The summed E-state index contributed by atoms with van der Waals surface area (Å²) in [6.07, 6.45) is 0.363. The van der Waals surface area contributed by atoms with E-state index in [0.29, 0.717) is 17.7 Å². The molecule has 0 spiro atoms. The van der Waals surface area contributed by atoms with Gasteiger partial charge in [-0.2, -0.15) is 20.5 Å². The molecule has 0 bridgehead atoms. The van der Waals surface area contributed by atoms with E-state index in [1.807, 2.05) is 11.8 Å². The van der Waals surface area contributed by atoms with Crippen molar-refractivity contribution in [2.24, 2.45) is 0 Å². The Bertz CT molecular complexity index is 525. The molecule has 1 atom stereocenters. The molecule has 0 radical (unpaired) electrons. The van der Waals surface area contributed by atoms with Crippen LogP contribution in [-0.2, 0) is 11.3 Å². The van der Waals surface area contributed by atoms with Crippen LogP contribution < -0.4 is 20.1 Å². The van der Waals surface area contributed by atoms with Gasteiger partial charge in [0.1, 0.15) is 11.5 Å². The summed E-state index contributed by atoms with van der Waals surface area (Å²) in [5, 5.41) is 6.02. The maximum absolute atomic E-state index is 12.4. The highest BCUT2D eigenvalue weighted by Crippen LogP contribution is 2.25. The summed E-state index contributed by atoms with van der Waals surface area (Å²) in [6, 6.07) is 4.67. The number of benzene rings is 1.